The van der Waals surface area contributed by atoms with Gasteiger partial charge in [0.1, 0.15) is 6.61 Å². The zero-order valence-electron chi connectivity index (χ0n) is 9.92. The molecule has 1 N–H and O–H groups in total. The highest BCUT2D eigenvalue weighted by Gasteiger charge is 2.21. The van der Waals surface area contributed by atoms with Crippen molar-refractivity contribution in [3.05, 3.63) is 0 Å². The maximum absolute atomic E-state index is 11.5. The number of nitrogens with one attached hydrogen (secondary N) is 1. The van der Waals surface area contributed by atoms with Gasteiger partial charge >= 0.3 is 0 Å². The molecule has 1 aliphatic heterocycles. The number of hydrogen-bond acceptors (Lipinski definition) is 3. The minimum atomic E-state index is 0.245. The first kappa shape index (κ1) is 12.7. The summed E-state index contributed by atoms with van der Waals surface area (Å²) in [5.74, 6) is 1.41. The van der Waals surface area contributed by atoms with E-state index in [9.17, 15) is 4.79 Å². The second-order valence-electron chi connectivity index (χ2n) is 4.46. The molecule has 1 fully saturated rings. The van der Waals surface area contributed by atoms with E-state index in [2.05, 4.69) is 12.2 Å². The standard InChI is InChI=1S/C12H23NO2/c1-3-15-9-12(14)7-10(2)11-5-4-6-13-8-11/h10-11,13H,3-9H2,1-2H3. The Morgan fingerprint density at radius 3 is 3.00 bits per heavy atom. The molecule has 88 valence electrons. The van der Waals surface area contributed by atoms with E-state index in [4.69, 9.17) is 4.74 Å². The van der Waals surface area contributed by atoms with Crippen LogP contribution in [0, 0.1) is 11.8 Å². The van der Waals surface area contributed by atoms with Crippen molar-refractivity contribution in [2.75, 3.05) is 26.3 Å². The lowest BCUT2D eigenvalue weighted by Gasteiger charge is -2.27. The Balaban J connectivity index is 2.21. The first-order valence-corrected chi connectivity index (χ1v) is 6.04. The van der Waals surface area contributed by atoms with Gasteiger partial charge in [-0.25, -0.2) is 0 Å². The van der Waals surface area contributed by atoms with Crippen LogP contribution in [0.4, 0.5) is 0 Å². The van der Waals surface area contributed by atoms with Crippen molar-refractivity contribution < 1.29 is 9.53 Å². The number of carbonyl (C=O) groups is 1. The fraction of sp³-hybridized carbons (Fsp3) is 0.917. The maximum atomic E-state index is 11.5. The molecular weight excluding hydrogens is 190 g/mol. The lowest BCUT2D eigenvalue weighted by Crippen LogP contribution is -2.34. The van der Waals surface area contributed by atoms with Gasteiger partial charge < -0.3 is 10.1 Å². The average Bonchev–Trinajstić information content (AvgIpc) is 2.27. The third-order valence-electron chi connectivity index (χ3n) is 3.16. The van der Waals surface area contributed by atoms with Crippen LogP contribution in [-0.4, -0.2) is 32.1 Å². The van der Waals surface area contributed by atoms with Crippen LogP contribution in [-0.2, 0) is 9.53 Å². The summed E-state index contributed by atoms with van der Waals surface area (Å²) in [6.45, 7) is 7.23. The van der Waals surface area contributed by atoms with E-state index in [0.29, 0.717) is 31.5 Å². The summed E-state index contributed by atoms with van der Waals surface area (Å²) >= 11 is 0. The van der Waals surface area contributed by atoms with E-state index >= 15 is 0 Å². The van der Waals surface area contributed by atoms with E-state index in [1.54, 1.807) is 0 Å². The van der Waals surface area contributed by atoms with Crippen LogP contribution < -0.4 is 5.32 Å². The van der Waals surface area contributed by atoms with Crippen LogP contribution in [0.15, 0.2) is 0 Å². The highest BCUT2D eigenvalue weighted by Crippen LogP contribution is 2.22. The monoisotopic (exact) mass is 213 g/mol. The Hall–Kier alpha value is -0.410. The maximum Gasteiger partial charge on any atom is 0.158 e. The zero-order chi connectivity index (χ0) is 11.1. The van der Waals surface area contributed by atoms with E-state index in [1.807, 2.05) is 6.92 Å². The largest absolute Gasteiger partial charge is 0.374 e. The molecule has 2 unspecified atom stereocenters. The number of piperidine rings is 1. The molecule has 1 heterocycles. The van der Waals surface area contributed by atoms with Crippen LogP contribution in [0.25, 0.3) is 0 Å². The highest BCUT2D eigenvalue weighted by atomic mass is 16.5. The van der Waals surface area contributed by atoms with Crippen LogP contribution in [0.5, 0.6) is 0 Å². The van der Waals surface area contributed by atoms with Gasteiger partial charge in [0.2, 0.25) is 0 Å². The molecule has 1 saturated heterocycles. The summed E-state index contributed by atoms with van der Waals surface area (Å²) in [6.07, 6.45) is 3.18. The van der Waals surface area contributed by atoms with Crippen LogP contribution in [0.1, 0.15) is 33.1 Å². The summed E-state index contributed by atoms with van der Waals surface area (Å²) in [5, 5.41) is 3.39. The number of hydrogen-bond donors (Lipinski definition) is 1. The number of ether oxygens (including phenoxy) is 1. The SMILES string of the molecule is CCOCC(=O)CC(C)C1CCCNC1. The smallest absolute Gasteiger partial charge is 0.158 e. The van der Waals surface area contributed by atoms with Crippen molar-refractivity contribution in [3.63, 3.8) is 0 Å². The summed E-state index contributed by atoms with van der Waals surface area (Å²) in [5.41, 5.74) is 0. The van der Waals surface area contributed by atoms with Crippen LogP contribution >= 0.6 is 0 Å². The fourth-order valence-corrected chi connectivity index (χ4v) is 2.17. The fourth-order valence-electron chi connectivity index (χ4n) is 2.17. The van der Waals surface area contributed by atoms with Gasteiger partial charge in [-0.15, -0.1) is 0 Å². The molecule has 0 saturated carbocycles. The lowest BCUT2D eigenvalue weighted by atomic mass is 9.84. The number of rotatable bonds is 6. The third kappa shape index (κ3) is 4.76. The Morgan fingerprint density at radius 1 is 1.60 bits per heavy atom. The molecule has 0 aromatic carbocycles. The van der Waals surface area contributed by atoms with E-state index in [0.717, 1.165) is 13.1 Å². The summed E-state index contributed by atoms with van der Waals surface area (Å²) in [6, 6.07) is 0. The van der Waals surface area contributed by atoms with Crippen molar-refractivity contribution in [1.29, 1.82) is 0 Å². The van der Waals surface area contributed by atoms with Crippen molar-refractivity contribution in [2.45, 2.75) is 33.1 Å². The third-order valence-corrected chi connectivity index (χ3v) is 3.16. The van der Waals surface area contributed by atoms with Gasteiger partial charge in [-0.3, -0.25) is 4.79 Å². The van der Waals surface area contributed by atoms with Crippen molar-refractivity contribution in [2.24, 2.45) is 11.8 Å². The van der Waals surface area contributed by atoms with Crippen molar-refractivity contribution in [3.8, 4) is 0 Å². The van der Waals surface area contributed by atoms with Crippen LogP contribution in [0.2, 0.25) is 0 Å². The first-order chi connectivity index (χ1) is 7.24. The Labute approximate surface area is 92.6 Å². The van der Waals surface area contributed by atoms with Gasteiger partial charge in [-0.05, 0) is 44.7 Å². The molecule has 0 bridgehead atoms. The van der Waals surface area contributed by atoms with Gasteiger partial charge in [0.25, 0.3) is 0 Å². The Morgan fingerprint density at radius 2 is 2.40 bits per heavy atom. The second-order valence-corrected chi connectivity index (χ2v) is 4.46. The second kappa shape index (κ2) is 6.96. The molecule has 3 nitrogen and oxygen atoms in total. The predicted molar refractivity (Wildman–Crippen MR) is 60.9 cm³/mol. The topological polar surface area (TPSA) is 38.3 Å². The summed E-state index contributed by atoms with van der Waals surface area (Å²) in [7, 11) is 0. The van der Waals surface area contributed by atoms with E-state index < -0.39 is 0 Å². The molecule has 3 heteroatoms. The Kier molecular flexibility index (Phi) is 5.88. The van der Waals surface area contributed by atoms with Crippen molar-refractivity contribution in [1.82, 2.24) is 5.32 Å². The van der Waals surface area contributed by atoms with Gasteiger partial charge in [-0.2, -0.15) is 0 Å². The minimum absolute atomic E-state index is 0.245. The summed E-state index contributed by atoms with van der Waals surface area (Å²) < 4.78 is 5.12. The summed E-state index contributed by atoms with van der Waals surface area (Å²) in [4.78, 5) is 11.5. The van der Waals surface area contributed by atoms with Gasteiger partial charge in [0.05, 0.1) is 0 Å². The van der Waals surface area contributed by atoms with Gasteiger partial charge in [0.15, 0.2) is 5.78 Å². The molecule has 0 aromatic rings. The first-order valence-electron chi connectivity index (χ1n) is 6.04. The molecule has 0 aromatic heterocycles. The molecular formula is C12H23NO2. The molecule has 0 amide bonds. The number of Topliss-reactive ketones (excluding diaryl/α,β-unsaturated/α-hetero) is 1. The highest BCUT2D eigenvalue weighted by molar-refractivity contribution is 5.79. The lowest BCUT2D eigenvalue weighted by molar-refractivity contribution is -0.124. The predicted octanol–water partition coefficient (Wildman–Crippen LogP) is 1.62. The Bertz CT molecular complexity index is 188. The normalized spacial score (nSPS) is 23.7. The zero-order valence-corrected chi connectivity index (χ0v) is 9.92. The van der Waals surface area contributed by atoms with E-state index in [-0.39, 0.29) is 5.78 Å². The van der Waals surface area contributed by atoms with Crippen LogP contribution in [0.3, 0.4) is 0 Å². The quantitative estimate of drug-likeness (QED) is 0.728. The molecule has 15 heavy (non-hydrogen) atoms. The molecule has 1 rings (SSSR count). The molecule has 0 radical (unpaired) electrons. The average molecular weight is 213 g/mol. The number of carbonyl (C=O) groups excluding carboxylic acids is 1. The minimum Gasteiger partial charge on any atom is -0.374 e. The van der Waals surface area contributed by atoms with E-state index in [1.165, 1.54) is 12.8 Å². The molecule has 2 atom stereocenters. The van der Waals surface area contributed by atoms with Crippen molar-refractivity contribution >= 4 is 5.78 Å². The van der Waals surface area contributed by atoms with Gasteiger partial charge in [-0.1, -0.05) is 6.92 Å². The molecule has 0 spiro atoms. The number of ketones is 1. The molecule has 0 aliphatic carbocycles. The molecule has 1 aliphatic rings. The van der Waals surface area contributed by atoms with Gasteiger partial charge in [0, 0.05) is 13.0 Å².